The van der Waals surface area contributed by atoms with Crippen LogP contribution in [-0.4, -0.2) is 55.0 Å². The molecule has 1 saturated heterocycles. The zero-order valence-electron chi connectivity index (χ0n) is 9.20. The van der Waals surface area contributed by atoms with E-state index in [1.165, 1.54) is 0 Å². The number of carbonyl (C=O) groups excluding carboxylic acids is 1. The van der Waals surface area contributed by atoms with Gasteiger partial charge in [0, 0.05) is 26.1 Å². The summed E-state index contributed by atoms with van der Waals surface area (Å²) in [6.07, 6.45) is 2.13. The lowest BCUT2D eigenvalue weighted by Gasteiger charge is -2.24. The number of rotatable bonds is 4. The summed E-state index contributed by atoms with van der Waals surface area (Å²) in [5, 5.41) is 0. The van der Waals surface area contributed by atoms with Crippen LogP contribution in [0.3, 0.4) is 0 Å². The van der Waals surface area contributed by atoms with Crippen molar-refractivity contribution < 1.29 is 4.79 Å². The van der Waals surface area contributed by atoms with Crippen LogP contribution in [0, 0.1) is 0 Å². The quantitative estimate of drug-likeness (QED) is 0.687. The smallest absolute Gasteiger partial charge is 0.219 e. The van der Waals surface area contributed by atoms with Gasteiger partial charge >= 0.3 is 0 Å². The summed E-state index contributed by atoms with van der Waals surface area (Å²) >= 11 is 0. The first kappa shape index (κ1) is 11.5. The van der Waals surface area contributed by atoms with E-state index in [0.29, 0.717) is 6.04 Å². The van der Waals surface area contributed by atoms with Gasteiger partial charge in [-0.05, 0) is 33.0 Å². The van der Waals surface area contributed by atoms with Crippen molar-refractivity contribution in [2.45, 2.75) is 25.8 Å². The molecular weight excluding hydrogens is 178 g/mol. The standard InChI is InChI=1S/C10H21N3O/c1-9(14)13-7-4-10(8-13)12(2)6-3-5-11/h10H,3-8,11H2,1-2H3. The molecule has 2 N–H and O–H groups in total. The summed E-state index contributed by atoms with van der Waals surface area (Å²) < 4.78 is 0. The third-order valence-electron chi connectivity index (χ3n) is 2.95. The number of hydrogen-bond donors (Lipinski definition) is 1. The van der Waals surface area contributed by atoms with Crippen LogP contribution in [0.1, 0.15) is 19.8 Å². The Kier molecular flexibility index (Phi) is 4.35. The summed E-state index contributed by atoms with van der Waals surface area (Å²) in [4.78, 5) is 15.4. The number of carbonyl (C=O) groups is 1. The minimum atomic E-state index is 0.194. The molecule has 4 nitrogen and oxygen atoms in total. The SMILES string of the molecule is CC(=O)N1CCC(N(C)CCCN)C1. The number of nitrogens with two attached hydrogens (primary N) is 1. The molecular formula is C10H21N3O. The van der Waals surface area contributed by atoms with Crippen LogP contribution in [0.2, 0.25) is 0 Å². The molecule has 4 heteroatoms. The summed E-state index contributed by atoms with van der Waals surface area (Å²) in [6.45, 7) is 5.21. The van der Waals surface area contributed by atoms with Gasteiger partial charge in [-0.15, -0.1) is 0 Å². The molecule has 0 aromatic rings. The average molecular weight is 199 g/mol. The maximum absolute atomic E-state index is 11.1. The molecule has 0 saturated carbocycles. The summed E-state index contributed by atoms with van der Waals surface area (Å²) in [5.41, 5.74) is 5.46. The fourth-order valence-electron chi connectivity index (χ4n) is 1.91. The van der Waals surface area contributed by atoms with E-state index in [1.54, 1.807) is 6.92 Å². The van der Waals surface area contributed by atoms with Crippen molar-refractivity contribution >= 4 is 5.91 Å². The summed E-state index contributed by atoms with van der Waals surface area (Å²) in [7, 11) is 2.12. The second-order valence-corrected chi connectivity index (χ2v) is 4.03. The highest BCUT2D eigenvalue weighted by Crippen LogP contribution is 2.14. The van der Waals surface area contributed by atoms with Gasteiger partial charge < -0.3 is 15.5 Å². The Morgan fingerprint density at radius 3 is 2.86 bits per heavy atom. The minimum absolute atomic E-state index is 0.194. The van der Waals surface area contributed by atoms with Gasteiger partial charge in [-0.1, -0.05) is 0 Å². The molecule has 1 rings (SSSR count). The van der Waals surface area contributed by atoms with E-state index in [2.05, 4.69) is 11.9 Å². The van der Waals surface area contributed by atoms with Crippen LogP contribution in [-0.2, 0) is 4.79 Å². The van der Waals surface area contributed by atoms with Gasteiger partial charge in [0.2, 0.25) is 5.91 Å². The van der Waals surface area contributed by atoms with E-state index in [4.69, 9.17) is 5.73 Å². The monoisotopic (exact) mass is 199 g/mol. The number of amides is 1. The van der Waals surface area contributed by atoms with Gasteiger partial charge in [-0.3, -0.25) is 4.79 Å². The molecule has 0 spiro atoms. The van der Waals surface area contributed by atoms with Gasteiger partial charge in [-0.25, -0.2) is 0 Å². The largest absolute Gasteiger partial charge is 0.341 e. The fourth-order valence-corrected chi connectivity index (χ4v) is 1.91. The Morgan fingerprint density at radius 1 is 1.64 bits per heavy atom. The van der Waals surface area contributed by atoms with E-state index in [-0.39, 0.29) is 5.91 Å². The number of hydrogen-bond acceptors (Lipinski definition) is 3. The van der Waals surface area contributed by atoms with Gasteiger partial charge in [0.1, 0.15) is 0 Å². The van der Waals surface area contributed by atoms with Crippen molar-refractivity contribution in [3.63, 3.8) is 0 Å². The van der Waals surface area contributed by atoms with Crippen LogP contribution in [0.15, 0.2) is 0 Å². The first-order chi connectivity index (χ1) is 6.65. The van der Waals surface area contributed by atoms with Gasteiger partial charge in [0.25, 0.3) is 0 Å². The van der Waals surface area contributed by atoms with Crippen LogP contribution in [0.5, 0.6) is 0 Å². The zero-order chi connectivity index (χ0) is 10.6. The molecule has 1 fully saturated rings. The molecule has 1 amide bonds. The lowest BCUT2D eigenvalue weighted by Crippen LogP contribution is -2.36. The Balaban J connectivity index is 2.30. The predicted octanol–water partition coefficient (Wildman–Crippen LogP) is -0.112. The Bertz CT molecular complexity index is 196. The lowest BCUT2D eigenvalue weighted by molar-refractivity contribution is -0.127. The maximum Gasteiger partial charge on any atom is 0.219 e. The summed E-state index contributed by atoms with van der Waals surface area (Å²) in [5.74, 6) is 0.194. The first-order valence-electron chi connectivity index (χ1n) is 5.31. The number of likely N-dealkylation sites (tertiary alicyclic amines) is 1. The highest BCUT2D eigenvalue weighted by atomic mass is 16.2. The van der Waals surface area contributed by atoms with Gasteiger partial charge in [-0.2, -0.15) is 0 Å². The molecule has 0 aromatic carbocycles. The Labute approximate surface area is 86.0 Å². The van der Waals surface area contributed by atoms with E-state index < -0.39 is 0 Å². The topological polar surface area (TPSA) is 49.6 Å². The van der Waals surface area contributed by atoms with Crippen molar-refractivity contribution in [1.29, 1.82) is 0 Å². The molecule has 0 aliphatic carbocycles. The van der Waals surface area contributed by atoms with Crippen LogP contribution in [0.25, 0.3) is 0 Å². The molecule has 0 radical (unpaired) electrons. The molecule has 1 unspecified atom stereocenters. The molecule has 1 atom stereocenters. The molecule has 1 heterocycles. The normalized spacial score (nSPS) is 22.0. The highest BCUT2D eigenvalue weighted by molar-refractivity contribution is 5.73. The van der Waals surface area contributed by atoms with E-state index in [9.17, 15) is 4.79 Å². The van der Waals surface area contributed by atoms with Crippen molar-refractivity contribution in [2.75, 3.05) is 33.2 Å². The third kappa shape index (κ3) is 2.96. The number of nitrogens with zero attached hydrogens (tertiary/aromatic N) is 2. The maximum atomic E-state index is 11.1. The van der Waals surface area contributed by atoms with Gasteiger partial charge in [0.15, 0.2) is 0 Å². The van der Waals surface area contributed by atoms with E-state index >= 15 is 0 Å². The summed E-state index contributed by atoms with van der Waals surface area (Å²) in [6, 6.07) is 0.533. The van der Waals surface area contributed by atoms with Crippen molar-refractivity contribution in [3.05, 3.63) is 0 Å². The lowest BCUT2D eigenvalue weighted by atomic mass is 10.2. The minimum Gasteiger partial charge on any atom is -0.341 e. The van der Waals surface area contributed by atoms with Gasteiger partial charge in [0.05, 0.1) is 0 Å². The van der Waals surface area contributed by atoms with Crippen molar-refractivity contribution in [2.24, 2.45) is 5.73 Å². The third-order valence-corrected chi connectivity index (χ3v) is 2.95. The molecule has 1 aliphatic heterocycles. The average Bonchev–Trinajstić information content (AvgIpc) is 2.62. The highest BCUT2D eigenvalue weighted by Gasteiger charge is 2.26. The molecule has 14 heavy (non-hydrogen) atoms. The Morgan fingerprint density at radius 2 is 2.36 bits per heavy atom. The zero-order valence-corrected chi connectivity index (χ0v) is 9.20. The first-order valence-corrected chi connectivity index (χ1v) is 5.31. The van der Waals surface area contributed by atoms with Crippen LogP contribution in [0.4, 0.5) is 0 Å². The van der Waals surface area contributed by atoms with Crippen molar-refractivity contribution in [3.8, 4) is 0 Å². The second-order valence-electron chi connectivity index (χ2n) is 4.03. The second kappa shape index (κ2) is 5.32. The Hall–Kier alpha value is -0.610. The molecule has 82 valence electrons. The van der Waals surface area contributed by atoms with Crippen LogP contribution >= 0.6 is 0 Å². The number of likely N-dealkylation sites (N-methyl/N-ethyl adjacent to an activating group) is 1. The molecule has 0 bridgehead atoms. The predicted molar refractivity (Wildman–Crippen MR) is 57.0 cm³/mol. The molecule has 1 aliphatic rings. The fraction of sp³-hybridized carbons (Fsp3) is 0.900. The van der Waals surface area contributed by atoms with Crippen molar-refractivity contribution in [1.82, 2.24) is 9.80 Å². The van der Waals surface area contributed by atoms with E-state index in [1.807, 2.05) is 4.90 Å². The van der Waals surface area contributed by atoms with E-state index in [0.717, 1.165) is 39.0 Å². The molecule has 0 aromatic heterocycles. The van der Waals surface area contributed by atoms with Crippen LogP contribution < -0.4 is 5.73 Å².